The predicted molar refractivity (Wildman–Crippen MR) is 132 cm³/mol. The van der Waals surface area contributed by atoms with Crippen molar-refractivity contribution < 1.29 is 20.1 Å². The van der Waals surface area contributed by atoms with Crippen LogP contribution in [0.1, 0.15) is 38.3 Å². The molecule has 1 aromatic carbocycles. The number of rotatable bonds is 7. The van der Waals surface area contributed by atoms with Crippen LogP contribution in [0.5, 0.6) is 0 Å². The van der Waals surface area contributed by atoms with Crippen LogP contribution < -0.4 is 0 Å². The van der Waals surface area contributed by atoms with Crippen LogP contribution in [-0.2, 0) is 11.2 Å². The van der Waals surface area contributed by atoms with Gasteiger partial charge in [-0.05, 0) is 56.5 Å². The molecule has 1 aliphatic carbocycles. The highest BCUT2D eigenvalue weighted by atomic mass is 16.3. The van der Waals surface area contributed by atoms with Crippen molar-refractivity contribution in [2.45, 2.75) is 39.7 Å². The van der Waals surface area contributed by atoms with E-state index < -0.39 is 5.41 Å². The van der Waals surface area contributed by atoms with Crippen molar-refractivity contribution in [3.05, 3.63) is 41.6 Å². The zero-order chi connectivity index (χ0) is 24.2. The number of aliphatic hydroxyl groups is 3. The molecular formula is C26H39N3O4. The molecule has 2 aromatic rings. The molecule has 0 spiro atoms. The summed E-state index contributed by atoms with van der Waals surface area (Å²) in [4.78, 5) is 20.6. The number of benzene rings is 1. The summed E-state index contributed by atoms with van der Waals surface area (Å²) < 4.78 is 0. The van der Waals surface area contributed by atoms with E-state index in [-0.39, 0.29) is 31.6 Å². The van der Waals surface area contributed by atoms with E-state index in [1.54, 1.807) is 0 Å². The Morgan fingerprint density at radius 2 is 1.82 bits per heavy atom. The maximum Gasteiger partial charge on any atom is 0.230 e. The quantitative estimate of drug-likeness (QED) is 0.511. The molecule has 2 aliphatic rings. The van der Waals surface area contributed by atoms with Gasteiger partial charge in [0.2, 0.25) is 5.91 Å². The highest BCUT2D eigenvalue weighted by Gasteiger charge is 2.36. The van der Waals surface area contributed by atoms with Crippen LogP contribution >= 0.6 is 0 Å². The summed E-state index contributed by atoms with van der Waals surface area (Å²) in [5.74, 6) is 0.210. The van der Waals surface area contributed by atoms with Crippen LogP contribution in [-0.4, -0.2) is 88.6 Å². The molecule has 1 aliphatic heterocycles. The minimum atomic E-state index is -0.667. The van der Waals surface area contributed by atoms with Gasteiger partial charge in [0, 0.05) is 48.2 Å². The maximum absolute atomic E-state index is 12.9. The fraction of sp³-hybridized carbons (Fsp3) is 0.577. The van der Waals surface area contributed by atoms with Gasteiger partial charge in [-0.2, -0.15) is 0 Å². The molecule has 182 valence electrons. The Morgan fingerprint density at radius 1 is 1.15 bits per heavy atom. The summed E-state index contributed by atoms with van der Waals surface area (Å²) in [6.45, 7) is 7.82. The van der Waals surface area contributed by atoms with Gasteiger partial charge in [-0.3, -0.25) is 9.69 Å². The summed E-state index contributed by atoms with van der Waals surface area (Å²) in [6.07, 6.45) is 6.00. The number of aromatic amines is 1. The van der Waals surface area contributed by atoms with E-state index in [1.165, 1.54) is 27.6 Å². The van der Waals surface area contributed by atoms with E-state index in [9.17, 15) is 4.79 Å². The predicted octanol–water partition coefficient (Wildman–Crippen LogP) is 2.27. The van der Waals surface area contributed by atoms with Crippen molar-refractivity contribution in [2.75, 3.05) is 46.5 Å². The van der Waals surface area contributed by atoms with Crippen LogP contribution in [0.4, 0.5) is 0 Å². The van der Waals surface area contributed by atoms with Crippen molar-refractivity contribution in [3.63, 3.8) is 0 Å². The monoisotopic (exact) mass is 457 g/mol. The molecular weight excluding hydrogens is 418 g/mol. The third-order valence-corrected chi connectivity index (χ3v) is 7.42. The first kappa shape index (κ1) is 25.4. The molecule has 1 amide bonds. The van der Waals surface area contributed by atoms with Crippen LogP contribution in [0.3, 0.4) is 0 Å². The topological polar surface area (TPSA) is 100 Å². The summed E-state index contributed by atoms with van der Waals surface area (Å²) >= 11 is 0. The van der Waals surface area contributed by atoms with Gasteiger partial charge in [0.1, 0.15) is 0 Å². The first-order valence-corrected chi connectivity index (χ1v) is 12.0. The Balaban J connectivity index is 0.000000292. The molecule has 1 aromatic heterocycles. The number of nitrogens with zero attached hydrogens (tertiary/aromatic N) is 2. The van der Waals surface area contributed by atoms with Gasteiger partial charge >= 0.3 is 0 Å². The fourth-order valence-corrected chi connectivity index (χ4v) is 4.86. The Kier molecular flexibility index (Phi) is 8.34. The number of aromatic nitrogens is 1. The van der Waals surface area contributed by atoms with Gasteiger partial charge in [-0.15, -0.1) is 0 Å². The summed E-state index contributed by atoms with van der Waals surface area (Å²) in [7, 11) is 2.15. The standard InChI is InChI=1S/C20H25N3O.C6H14O3/c1-4-23(5-2)20(24)14-9-16-15-7-6-8-17-19(15)13(11-21-17)10-18(16)22(3)12-14;1-2-6(3-7,4-8)5-9/h6-9,11,14,18,21H,4-5,10,12H2,1-3H3;7-9H,2-5H2,1H3/t14-,18-;/m1./s1. The second-order valence-electron chi connectivity index (χ2n) is 9.27. The zero-order valence-electron chi connectivity index (χ0n) is 20.3. The SMILES string of the molecule is CCC(CO)(CO)CO.CCN(CC)C(=O)[C@@H]1C=C2c3cccc4[nH]cc(c34)C[C@H]2N(C)C1. The van der Waals surface area contributed by atoms with Crippen LogP contribution in [0.15, 0.2) is 30.5 Å². The number of fused-ring (bicyclic) bond motifs is 2. The number of hydrogen-bond acceptors (Lipinski definition) is 5. The first-order valence-electron chi connectivity index (χ1n) is 12.0. The van der Waals surface area contributed by atoms with Gasteiger partial charge < -0.3 is 25.2 Å². The minimum absolute atomic E-state index is 0.0445. The molecule has 33 heavy (non-hydrogen) atoms. The molecule has 7 heteroatoms. The van der Waals surface area contributed by atoms with E-state index in [4.69, 9.17) is 15.3 Å². The molecule has 4 rings (SSSR count). The summed E-state index contributed by atoms with van der Waals surface area (Å²) in [6, 6.07) is 6.82. The van der Waals surface area contributed by atoms with Crippen molar-refractivity contribution in [3.8, 4) is 0 Å². The third kappa shape index (κ3) is 4.87. The van der Waals surface area contributed by atoms with Crippen molar-refractivity contribution in [1.82, 2.24) is 14.8 Å². The van der Waals surface area contributed by atoms with E-state index in [2.05, 4.69) is 61.3 Å². The zero-order valence-corrected chi connectivity index (χ0v) is 20.3. The van der Waals surface area contributed by atoms with E-state index in [1.807, 2.05) is 11.8 Å². The molecule has 0 saturated heterocycles. The lowest BCUT2D eigenvalue weighted by atomic mass is 9.79. The Bertz CT molecular complexity index is 958. The normalized spacial score (nSPS) is 20.0. The molecule has 0 bridgehead atoms. The van der Waals surface area contributed by atoms with Crippen molar-refractivity contribution >= 4 is 22.4 Å². The lowest BCUT2D eigenvalue weighted by Gasteiger charge is -2.40. The molecule has 4 N–H and O–H groups in total. The van der Waals surface area contributed by atoms with E-state index >= 15 is 0 Å². The highest BCUT2D eigenvalue weighted by Crippen LogP contribution is 2.40. The van der Waals surface area contributed by atoms with Gasteiger partial charge in [0.05, 0.1) is 25.7 Å². The molecule has 0 unspecified atom stereocenters. The molecule has 0 radical (unpaired) electrons. The van der Waals surface area contributed by atoms with E-state index in [0.717, 1.165) is 26.1 Å². The lowest BCUT2D eigenvalue weighted by molar-refractivity contribution is -0.134. The highest BCUT2D eigenvalue weighted by molar-refractivity contribution is 5.99. The average molecular weight is 458 g/mol. The summed E-state index contributed by atoms with van der Waals surface area (Å²) in [5, 5.41) is 27.3. The van der Waals surface area contributed by atoms with Crippen molar-refractivity contribution in [1.29, 1.82) is 0 Å². The Morgan fingerprint density at radius 3 is 2.36 bits per heavy atom. The molecule has 2 atom stereocenters. The van der Waals surface area contributed by atoms with Gasteiger partial charge in [0.25, 0.3) is 0 Å². The summed E-state index contributed by atoms with van der Waals surface area (Å²) in [5.41, 5.74) is 4.54. The second-order valence-corrected chi connectivity index (χ2v) is 9.27. The van der Waals surface area contributed by atoms with E-state index in [0.29, 0.717) is 12.5 Å². The largest absolute Gasteiger partial charge is 0.396 e. The van der Waals surface area contributed by atoms with Crippen LogP contribution in [0, 0.1) is 11.3 Å². The number of carbonyl (C=O) groups is 1. The third-order valence-electron chi connectivity index (χ3n) is 7.42. The number of hydrogen-bond donors (Lipinski definition) is 4. The number of carbonyl (C=O) groups excluding carboxylic acids is 1. The molecule has 2 heterocycles. The number of aliphatic hydroxyl groups excluding tert-OH is 3. The number of likely N-dealkylation sites (N-methyl/N-ethyl adjacent to an activating group) is 1. The minimum Gasteiger partial charge on any atom is -0.396 e. The number of H-pyrrole nitrogens is 1. The van der Waals surface area contributed by atoms with Gasteiger partial charge in [-0.1, -0.05) is 25.1 Å². The molecule has 7 nitrogen and oxygen atoms in total. The number of amides is 1. The smallest absolute Gasteiger partial charge is 0.230 e. The van der Waals surface area contributed by atoms with Crippen LogP contribution in [0.2, 0.25) is 0 Å². The Hall–Kier alpha value is -2.19. The fourth-order valence-electron chi connectivity index (χ4n) is 4.86. The average Bonchev–Trinajstić information content (AvgIpc) is 3.27. The van der Waals surface area contributed by atoms with Crippen LogP contribution in [0.25, 0.3) is 16.5 Å². The lowest BCUT2D eigenvalue weighted by Crippen LogP contribution is -2.47. The van der Waals surface area contributed by atoms with Gasteiger partial charge in [-0.25, -0.2) is 0 Å². The van der Waals surface area contributed by atoms with Crippen molar-refractivity contribution in [2.24, 2.45) is 11.3 Å². The maximum atomic E-state index is 12.9. The number of nitrogens with one attached hydrogen (secondary N) is 1. The van der Waals surface area contributed by atoms with Gasteiger partial charge in [0.15, 0.2) is 0 Å². The Labute approximate surface area is 196 Å². The second kappa shape index (κ2) is 10.8. The molecule has 0 saturated carbocycles. The first-order chi connectivity index (χ1) is 15.9. The molecule has 0 fully saturated rings.